The second kappa shape index (κ2) is 6.35. The number of hydrogen-bond donors (Lipinski definition) is 3. The molecule has 4 N–H and O–H groups in total. The zero-order valence-corrected chi connectivity index (χ0v) is 11.8. The first-order chi connectivity index (χ1) is 10.7. The van der Waals surface area contributed by atoms with Crippen molar-refractivity contribution in [3.8, 4) is 5.88 Å². The zero-order chi connectivity index (χ0) is 15.4. The molecule has 0 saturated heterocycles. The number of nitrogen functional groups attached to an aromatic ring is 1. The van der Waals surface area contributed by atoms with Gasteiger partial charge in [0.15, 0.2) is 5.65 Å². The molecule has 3 heterocycles. The van der Waals surface area contributed by atoms with E-state index in [2.05, 4.69) is 24.9 Å². The molecule has 0 amide bonds. The second-order valence-electron chi connectivity index (χ2n) is 4.78. The van der Waals surface area contributed by atoms with Crippen molar-refractivity contribution in [2.75, 3.05) is 12.3 Å². The Morgan fingerprint density at radius 1 is 1.36 bits per heavy atom. The van der Waals surface area contributed by atoms with Gasteiger partial charge >= 0.3 is 0 Å². The first-order valence-corrected chi connectivity index (χ1v) is 6.91. The van der Waals surface area contributed by atoms with Gasteiger partial charge in [-0.25, -0.2) is 4.98 Å². The van der Waals surface area contributed by atoms with Crippen LogP contribution >= 0.6 is 0 Å². The number of rotatable bonds is 6. The van der Waals surface area contributed by atoms with E-state index in [1.54, 1.807) is 18.5 Å². The maximum atomic E-state index is 10.0. The Labute approximate surface area is 126 Å². The molecule has 0 fully saturated rings. The molecule has 0 bridgehead atoms. The highest BCUT2D eigenvalue weighted by molar-refractivity contribution is 5.76. The third kappa shape index (κ3) is 3.12. The monoisotopic (exact) mass is 300 g/mol. The van der Waals surface area contributed by atoms with E-state index in [-0.39, 0.29) is 5.95 Å². The molecule has 0 radical (unpaired) electrons. The lowest BCUT2D eigenvalue weighted by Gasteiger charge is -2.11. The first kappa shape index (κ1) is 14.2. The molecule has 0 aliphatic heterocycles. The minimum atomic E-state index is -0.556. The lowest BCUT2D eigenvalue weighted by Crippen LogP contribution is -2.05. The Bertz CT molecular complexity index is 745. The molecule has 0 saturated carbocycles. The Morgan fingerprint density at radius 2 is 2.27 bits per heavy atom. The van der Waals surface area contributed by atoms with E-state index in [4.69, 9.17) is 10.5 Å². The maximum Gasteiger partial charge on any atom is 0.245 e. The standard InChI is InChI=1S/C14H16N6O2/c15-14-19-12-11(17-8-18-12)13(20-14)22-6-2-4-10(21)9-3-1-5-16-7-9/h1,3,5,7-8,10,21H,2,4,6H2,(H3,15,17,18,19,20). The average Bonchev–Trinajstić information content (AvgIpc) is 3.00. The molecule has 0 spiro atoms. The van der Waals surface area contributed by atoms with Crippen LogP contribution in [0.2, 0.25) is 0 Å². The quantitative estimate of drug-likeness (QED) is 0.585. The normalized spacial score (nSPS) is 12.4. The SMILES string of the molecule is Nc1nc(OCCCC(O)c2cccnc2)c2[nH]cnc2n1. The molecule has 1 atom stereocenters. The summed E-state index contributed by atoms with van der Waals surface area (Å²) in [7, 11) is 0. The molecule has 114 valence electrons. The summed E-state index contributed by atoms with van der Waals surface area (Å²) in [6.45, 7) is 0.405. The minimum Gasteiger partial charge on any atom is -0.476 e. The number of aromatic nitrogens is 5. The molecule has 0 aliphatic rings. The maximum absolute atomic E-state index is 10.0. The minimum absolute atomic E-state index is 0.116. The molecule has 8 heteroatoms. The summed E-state index contributed by atoms with van der Waals surface area (Å²) < 4.78 is 5.62. The molecule has 0 aliphatic carbocycles. The Balaban J connectivity index is 1.55. The van der Waals surface area contributed by atoms with Crippen LogP contribution in [0.1, 0.15) is 24.5 Å². The molecule has 3 aromatic heterocycles. The van der Waals surface area contributed by atoms with Crippen molar-refractivity contribution in [1.29, 1.82) is 0 Å². The zero-order valence-electron chi connectivity index (χ0n) is 11.8. The van der Waals surface area contributed by atoms with Crippen molar-refractivity contribution in [1.82, 2.24) is 24.9 Å². The highest BCUT2D eigenvalue weighted by atomic mass is 16.5. The number of aliphatic hydroxyl groups is 1. The van der Waals surface area contributed by atoms with Crippen LogP contribution < -0.4 is 10.5 Å². The number of aromatic amines is 1. The Kier molecular flexibility index (Phi) is 4.10. The number of aliphatic hydroxyl groups excluding tert-OH is 1. The van der Waals surface area contributed by atoms with Crippen LogP contribution in [-0.4, -0.2) is 36.6 Å². The number of anilines is 1. The van der Waals surface area contributed by atoms with Crippen LogP contribution in [0, 0.1) is 0 Å². The summed E-state index contributed by atoms with van der Waals surface area (Å²) in [5, 5.41) is 10.0. The van der Waals surface area contributed by atoms with E-state index in [1.807, 2.05) is 6.07 Å². The van der Waals surface area contributed by atoms with Crippen molar-refractivity contribution in [2.45, 2.75) is 18.9 Å². The van der Waals surface area contributed by atoms with Gasteiger partial charge in [0, 0.05) is 12.4 Å². The largest absolute Gasteiger partial charge is 0.476 e. The number of fused-ring (bicyclic) bond motifs is 1. The summed E-state index contributed by atoms with van der Waals surface area (Å²) >= 11 is 0. The summed E-state index contributed by atoms with van der Waals surface area (Å²) in [6, 6.07) is 3.64. The van der Waals surface area contributed by atoms with Gasteiger partial charge in [-0.2, -0.15) is 9.97 Å². The van der Waals surface area contributed by atoms with Gasteiger partial charge < -0.3 is 20.6 Å². The topological polar surface area (TPSA) is 123 Å². The highest BCUT2D eigenvalue weighted by Crippen LogP contribution is 2.21. The lowest BCUT2D eigenvalue weighted by molar-refractivity contribution is 0.154. The van der Waals surface area contributed by atoms with Gasteiger partial charge in [0.1, 0.15) is 5.52 Å². The summed E-state index contributed by atoms with van der Waals surface area (Å²) in [6.07, 6.45) is 5.52. The number of nitrogens with one attached hydrogen (secondary N) is 1. The van der Waals surface area contributed by atoms with Gasteiger partial charge in [0.25, 0.3) is 0 Å². The van der Waals surface area contributed by atoms with E-state index in [9.17, 15) is 5.11 Å². The van der Waals surface area contributed by atoms with Crippen molar-refractivity contribution in [3.05, 3.63) is 36.4 Å². The molecular formula is C14H16N6O2. The predicted molar refractivity (Wildman–Crippen MR) is 80.0 cm³/mol. The average molecular weight is 300 g/mol. The second-order valence-corrected chi connectivity index (χ2v) is 4.78. The van der Waals surface area contributed by atoms with Gasteiger partial charge in [0.2, 0.25) is 11.8 Å². The number of imidazole rings is 1. The number of H-pyrrole nitrogens is 1. The van der Waals surface area contributed by atoms with Crippen LogP contribution in [0.4, 0.5) is 5.95 Å². The van der Waals surface area contributed by atoms with E-state index in [1.165, 1.54) is 6.33 Å². The fourth-order valence-electron chi connectivity index (χ4n) is 2.11. The molecule has 8 nitrogen and oxygen atoms in total. The third-order valence-electron chi connectivity index (χ3n) is 3.20. The van der Waals surface area contributed by atoms with E-state index in [0.29, 0.717) is 36.5 Å². The number of hydrogen-bond acceptors (Lipinski definition) is 7. The van der Waals surface area contributed by atoms with Crippen molar-refractivity contribution in [3.63, 3.8) is 0 Å². The van der Waals surface area contributed by atoms with Crippen molar-refractivity contribution in [2.24, 2.45) is 0 Å². The number of ether oxygens (including phenoxy) is 1. The molecule has 0 aromatic carbocycles. The van der Waals surface area contributed by atoms with Crippen LogP contribution in [0.5, 0.6) is 5.88 Å². The molecule has 22 heavy (non-hydrogen) atoms. The predicted octanol–water partition coefficient (Wildman–Crippen LogP) is 1.22. The lowest BCUT2D eigenvalue weighted by atomic mass is 10.1. The smallest absolute Gasteiger partial charge is 0.245 e. The Hall–Kier alpha value is -2.74. The summed E-state index contributed by atoms with van der Waals surface area (Å²) in [4.78, 5) is 19.0. The van der Waals surface area contributed by atoms with Gasteiger partial charge in [-0.15, -0.1) is 0 Å². The van der Waals surface area contributed by atoms with Crippen LogP contribution in [-0.2, 0) is 0 Å². The van der Waals surface area contributed by atoms with Crippen LogP contribution in [0.3, 0.4) is 0 Å². The first-order valence-electron chi connectivity index (χ1n) is 6.91. The van der Waals surface area contributed by atoms with Gasteiger partial charge in [-0.05, 0) is 24.5 Å². The summed E-state index contributed by atoms with van der Waals surface area (Å²) in [5.74, 6) is 0.487. The van der Waals surface area contributed by atoms with E-state index in [0.717, 1.165) is 5.56 Å². The number of nitrogens with zero attached hydrogens (tertiary/aromatic N) is 4. The number of nitrogens with two attached hydrogens (primary N) is 1. The number of pyridine rings is 1. The van der Waals surface area contributed by atoms with Gasteiger partial charge in [-0.3, -0.25) is 4.98 Å². The van der Waals surface area contributed by atoms with Gasteiger partial charge in [-0.1, -0.05) is 6.07 Å². The molecule has 3 aromatic rings. The Morgan fingerprint density at radius 3 is 3.09 bits per heavy atom. The van der Waals surface area contributed by atoms with E-state index >= 15 is 0 Å². The molecular weight excluding hydrogens is 284 g/mol. The third-order valence-corrected chi connectivity index (χ3v) is 3.20. The summed E-state index contributed by atoms with van der Waals surface area (Å²) in [5.41, 5.74) is 7.49. The van der Waals surface area contributed by atoms with Crippen LogP contribution in [0.25, 0.3) is 11.2 Å². The molecule has 1 unspecified atom stereocenters. The van der Waals surface area contributed by atoms with Crippen LogP contribution in [0.15, 0.2) is 30.9 Å². The highest BCUT2D eigenvalue weighted by Gasteiger charge is 2.11. The van der Waals surface area contributed by atoms with Crippen molar-refractivity contribution >= 4 is 17.1 Å². The molecule has 3 rings (SSSR count). The fourth-order valence-corrected chi connectivity index (χ4v) is 2.11. The van der Waals surface area contributed by atoms with Gasteiger partial charge in [0.05, 0.1) is 19.0 Å². The fraction of sp³-hybridized carbons (Fsp3) is 0.286. The van der Waals surface area contributed by atoms with Crippen molar-refractivity contribution < 1.29 is 9.84 Å². The van der Waals surface area contributed by atoms with E-state index < -0.39 is 6.10 Å².